The molecular weight excluding hydrogens is 268 g/mol. The lowest BCUT2D eigenvalue weighted by molar-refractivity contribution is 0.361. The molecule has 126 valence electrons. The van der Waals surface area contributed by atoms with E-state index < -0.39 is 0 Å². The third-order valence-corrected chi connectivity index (χ3v) is 4.32. The minimum atomic E-state index is 0.0994. The first-order valence-electron chi connectivity index (χ1n) is 8.97. The van der Waals surface area contributed by atoms with E-state index in [-0.39, 0.29) is 5.41 Å². The number of hydrogen-bond acceptors (Lipinski definition) is 2. The maximum absolute atomic E-state index is 4.52. The van der Waals surface area contributed by atoms with Gasteiger partial charge in [0.2, 0.25) is 0 Å². The molecule has 0 aliphatic carbocycles. The van der Waals surface area contributed by atoms with Gasteiger partial charge in [-0.15, -0.1) is 0 Å². The van der Waals surface area contributed by atoms with Gasteiger partial charge >= 0.3 is 0 Å². The molecule has 0 amide bonds. The molecule has 0 radical (unpaired) electrons. The highest BCUT2D eigenvalue weighted by Gasteiger charge is 2.28. The van der Waals surface area contributed by atoms with Crippen LogP contribution >= 0.6 is 0 Å². The summed E-state index contributed by atoms with van der Waals surface area (Å²) in [4.78, 5) is 8.72. The van der Waals surface area contributed by atoms with Crippen LogP contribution in [0.15, 0.2) is 35.5 Å². The SMILES string of the molecule is C=CN=CC(=NC=C)C(C)(CCCCCC)CCCCCC. The molecule has 0 aliphatic rings. The average Bonchev–Trinajstić information content (AvgIpc) is 2.52. The van der Waals surface area contributed by atoms with Gasteiger partial charge in [-0.3, -0.25) is 9.98 Å². The second-order valence-electron chi connectivity index (χ2n) is 6.34. The van der Waals surface area contributed by atoms with Gasteiger partial charge < -0.3 is 0 Å². The first-order valence-corrected chi connectivity index (χ1v) is 8.97. The van der Waals surface area contributed by atoms with Crippen LogP contribution in [0.1, 0.15) is 85.0 Å². The highest BCUT2D eigenvalue weighted by atomic mass is 14.8. The third-order valence-electron chi connectivity index (χ3n) is 4.32. The van der Waals surface area contributed by atoms with Crippen molar-refractivity contribution < 1.29 is 0 Å². The predicted octanol–water partition coefficient (Wildman–Crippen LogP) is 6.73. The zero-order valence-corrected chi connectivity index (χ0v) is 15.1. The zero-order chi connectivity index (χ0) is 16.7. The van der Waals surface area contributed by atoms with E-state index in [1.807, 2.05) is 6.21 Å². The van der Waals surface area contributed by atoms with Crippen LogP contribution in [0, 0.1) is 5.41 Å². The van der Waals surface area contributed by atoms with Crippen molar-refractivity contribution in [3.63, 3.8) is 0 Å². The topological polar surface area (TPSA) is 24.7 Å². The van der Waals surface area contributed by atoms with E-state index in [9.17, 15) is 0 Å². The van der Waals surface area contributed by atoms with Crippen LogP contribution in [0.3, 0.4) is 0 Å². The summed E-state index contributed by atoms with van der Waals surface area (Å²) >= 11 is 0. The molecule has 0 aromatic heterocycles. The summed E-state index contributed by atoms with van der Waals surface area (Å²) in [5.74, 6) is 0. The van der Waals surface area contributed by atoms with Crippen molar-refractivity contribution in [1.82, 2.24) is 0 Å². The zero-order valence-electron chi connectivity index (χ0n) is 15.1. The molecule has 0 saturated heterocycles. The molecule has 0 bridgehead atoms. The average molecular weight is 305 g/mol. The molecule has 0 saturated carbocycles. The Hall–Kier alpha value is -1.18. The van der Waals surface area contributed by atoms with E-state index in [1.165, 1.54) is 64.2 Å². The number of aliphatic imine (C=N–C) groups is 2. The monoisotopic (exact) mass is 304 g/mol. The molecule has 0 aromatic carbocycles. The molecule has 2 nitrogen and oxygen atoms in total. The van der Waals surface area contributed by atoms with Gasteiger partial charge in [-0.25, -0.2) is 0 Å². The highest BCUT2D eigenvalue weighted by molar-refractivity contribution is 6.33. The third kappa shape index (κ3) is 8.96. The predicted molar refractivity (Wildman–Crippen MR) is 102 cm³/mol. The smallest absolute Gasteiger partial charge is 0.0644 e. The van der Waals surface area contributed by atoms with Gasteiger partial charge in [0.25, 0.3) is 0 Å². The normalized spacial score (nSPS) is 12.8. The Morgan fingerprint density at radius 3 is 1.82 bits per heavy atom. The largest absolute Gasteiger partial charge is 0.263 e. The second kappa shape index (κ2) is 13.5. The van der Waals surface area contributed by atoms with Crippen molar-refractivity contribution in [2.45, 2.75) is 85.0 Å². The van der Waals surface area contributed by atoms with Crippen LogP contribution in [0.2, 0.25) is 0 Å². The first-order chi connectivity index (χ1) is 10.6. The lowest BCUT2D eigenvalue weighted by Gasteiger charge is -2.30. The summed E-state index contributed by atoms with van der Waals surface area (Å²) in [5.41, 5.74) is 1.15. The minimum Gasteiger partial charge on any atom is -0.263 e. The Kier molecular flexibility index (Phi) is 12.8. The van der Waals surface area contributed by atoms with Crippen molar-refractivity contribution in [2.24, 2.45) is 15.4 Å². The lowest BCUT2D eigenvalue weighted by Crippen LogP contribution is -2.29. The second-order valence-corrected chi connectivity index (χ2v) is 6.34. The summed E-state index contributed by atoms with van der Waals surface area (Å²) < 4.78 is 0. The number of rotatable bonds is 14. The van der Waals surface area contributed by atoms with E-state index in [0.717, 1.165) is 5.71 Å². The highest BCUT2D eigenvalue weighted by Crippen LogP contribution is 2.33. The molecule has 2 heteroatoms. The summed E-state index contributed by atoms with van der Waals surface area (Å²) in [6.45, 7) is 14.3. The van der Waals surface area contributed by atoms with Crippen molar-refractivity contribution in [3.05, 3.63) is 25.6 Å². The van der Waals surface area contributed by atoms with Crippen molar-refractivity contribution in [2.75, 3.05) is 0 Å². The van der Waals surface area contributed by atoms with Crippen LogP contribution in [0.4, 0.5) is 0 Å². The van der Waals surface area contributed by atoms with Gasteiger partial charge in [0.15, 0.2) is 0 Å². The van der Waals surface area contributed by atoms with E-state index in [2.05, 4.69) is 43.9 Å². The maximum Gasteiger partial charge on any atom is 0.0644 e. The molecule has 0 N–H and O–H groups in total. The molecular formula is C20H36N2. The van der Waals surface area contributed by atoms with Gasteiger partial charge in [-0.2, -0.15) is 0 Å². The van der Waals surface area contributed by atoms with E-state index in [1.54, 1.807) is 12.4 Å². The van der Waals surface area contributed by atoms with Crippen molar-refractivity contribution in [1.29, 1.82) is 0 Å². The van der Waals surface area contributed by atoms with Crippen molar-refractivity contribution >= 4 is 11.9 Å². The fourth-order valence-corrected chi connectivity index (χ4v) is 2.83. The van der Waals surface area contributed by atoms with Gasteiger partial charge in [0, 0.05) is 24.0 Å². The fourth-order valence-electron chi connectivity index (χ4n) is 2.83. The van der Waals surface area contributed by atoms with Crippen LogP contribution < -0.4 is 0 Å². The first kappa shape index (κ1) is 20.8. The molecule has 22 heavy (non-hydrogen) atoms. The minimum absolute atomic E-state index is 0.0994. The van der Waals surface area contributed by atoms with E-state index in [4.69, 9.17) is 0 Å². The van der Waals surface area contributed by atoms with Gasteiger partial charge in [-0.1, -0.05) is 85.3 Å². The quantitative estimate of drug-likeness (QED) is 0.251. The van der Waals surface area contributed by atoms with Crippen LogP contribution in [0.25, 0.3) is 0 Å². The van der Waals surface area contributed by atoms with Crippen molar-refractivity contribution in [3.8, 4) is 0 Å². The molecule has 0 heterocycles. The Balaban J connectivity index is 4.91. The molecule has 0 aromatic rings. The molecule has 0 spiro atoms. The Morgan fingerprint density at radius 2 is 1.41 bits per heavy atom. The van der Waals surface area contributed by atoms with Gasteiger partial charge in [0.05, 0.1) is 5.71 Å². The number of unbranched alkanes of at least 4 members (excludes halogenated alkanes) is 6. The van der Waals surface area contributed by atoms with Crippen LogP contribution in [0.5, 0.6) is 0 Å². The summed E-state index contributed by atoms with van der Waals surface area (Å²) in [6.07, 6.45) is 17.8. The lowest BCUT2D eigenvalue weighted by atomic mass is 9.76. The molecule has 0 atom stereocenters. The van der Waals surface area contributed by atoms with Crippen LogP contribution in [-0.4, -0.2) is 11.9 Å². The summed E-state index contributed by atoms with van der Waals surface area (Å²) in [6, 6.07) is 0. The summed E-state index contributed by atoms with van der Waals surface area (Å²) in [7, 11) is 0. The van der Waals surface area contributed by atoms with E-state index in [0.29, 0.717) is 0 Å². The Morgan fingerprint density at radius 1 is 0.864 bits per heavy atom. The molecule has 0 unspecified atom stereocenters. The van der Waals surface area contributed by atoms with Gasteiger partial charge in [0.1, 0.15) is 0 Å². The molecule has 0 rings (SSSR count). The maximum atomic E-state index is 4.52. The van der Waals surface area contributed by atoms with Gasteiger partial charge in [-0.05, 0) is 12.8 Å². The number of hydrogen-bond donors (Lipinski definition) is 0. The molecule has 0 aliphatic heterocycles. The molecule has 0 fully saturated rings. The fraction of sp³-hybridized carbons (Fsp3) is 0.700. The Labute approximate surface area is 138 Å². The number of nitrogens with zero attached hydrogens (tertiary/aromatic N) is 2. The van der Waals surface area contributed by atoms with E-state index >= 15 is 0 Å². The van der Waals surface area contributed by atoms with Crippen LogP contribution in [-0.2, 0) is 0 Å². The standard InChI is InChI=1S/C20H36N2/c1-6-10-12-14-16-20(5,17-15-13-11-7-2)19(22-9-4)18-21-8-3/h8-9,18H,3-4,6-7,10-17H2,1-2,5H3. The summed E-state index contributed by atoms with van der Waals surface area (Å²) in [5, 5.41) is 0. The Bertz CT molecular complexity index is 341.